The highest BCUT2D eigenvalue weighted by Gasteiger charge is 2.20. The number of rotatable bonds is 5. The van der Waals surface area contributed by atoms with Gasteiger partial charge in [-0.3, -0.25) is 4.79 Å². The molecule has 6 nitrogen and oxygen atoms in total. The molecule has 0 fully saturated rings. The first-order valence-electron chi connectivity index (χ1n) is 6.43. The van der Waals surface area contributed by atoms with Crippen molar-refractivity contribution in [2.75, 3.05) is 37.8 Å². The maximum atomic E-state index is 11.9. The zero-order chi connectivity index (χ0) is 14.6. The van der Waals surface area contributed by atoms with E-state index in [1.165, 1.54) is 6.33 Å². The zero-order valence-corrected chi connectivity index (χ0v) is 12.3. The van der Waals surface area contributed by atoms with E-state index in [1.54, 1.807) is 19.0 Å². The molecule has 0 unspecified atom stereocenters. The van der Waals surface area contributed by atoms with Crippen LogP contribution in [-0.2, 0) is 4.79 Å². The minimum absolute atomic E-state index is 0.0359. The number of likely N-dealkylation sites (N-methyl/N-ethyl adjacent to an activating group) is 2. The number of aromatic nitrogens is 2. The van der Waals surface area contributed by atoms with Crippen LogP contribution in [-0.4, -0.2) is 48.0 Å². The first-order valence-corrected chi connectivity index (χ1v) is 6.43. The summed E-state index contributed by atoms with van der Waals surface area (Å²) in [5.74, 6) is 1.48. The molecule has 0 atom stereocenters. The number of carbonyl (C=O) groups is 1. The lowest BCUT2D eigenvalue weighted by Crippen LogP contribution is -2.37. The van der Waals surface area contributed by atoms with Crippen LogP contribution in [0.4, 0.5) is 11.6 Å². The Hall–Kier alpha value is -1.85. The van der Waals surface area contributed by atoms with Crippen molar-refractivity contribution in [1.82, 2.24) is 14.9 Å². The molecule has 1 aromatic heterocycles. The summed E-state index contributed by atoms with van der Waals surface area (Å²) in [4.78, 5) is 23.7. The molecule has 0 aliphatic heterocycles. The molecule has 1 heterocycles. The van der Waals surface area contributed by atoms with Gasteiger partial charge in [0.2, 0.25) is 5.91 Å². The van der Waals surface area contributed by atoms with Crippen molar-refractivity contribution >= 4 is 17.5 Å². The number of nitrogens with zero attached hydrogens (tertiary/aromatic N) is 4. The van der Waals surface area contributed by atoms with Gasteiger partial charge in [0.1, 0.15) is 18.0 Å². The summed E-state index contributed by atoms with van der Waals surface area (Å²) in [5.41, 5.74) is 6.83. The highest BCUT2D eigenvalue weighted by atomic mass is 16.2. The minimum atomic E-state index is 0.0359. The SMILES string of the molecule is CCN(CC(=O)N(C)C)c1ncnc(N)c1C(C)C. The van der Waals surface area contributed by atoms with Crippen LogP contribution in [0.15, 0.2) is 6.33 Å². The topological polar surface area (TPSA) is 75.4 Å². The van der Waals surface area contributed by atoms with Crippen LogP contribution >= 0.6 is 0 Å². The zero-order valence-electron chi connectivity index (χ0n) is 12.3. The molecular formula is C13H23N5O. The molecule has 0 saturated carbocycles. The molecule has 6 heteroatoms. The molecule has 0 aliphatic carbocycles. The van der Waals surface area contributed by atoms with E-state index in [0.29, 0.717) is 18.9 Å². The lowest BCUT2D eigenvalue weighted by molar-refractivity contribution is -0.127. The Balaban J connectivity index is 3.11. The third-order valence-corrected chi connectivity index (χ3v) is 2.98. The van der Waals surface area contributed by atoms with Crippen molar-refractivity contribution in [3.63, 3.8) is 0 Å². The van der Waals surface area contributed by atoms with Gasteiger partial charge >= 0.3 is 0 Å². The standard InChI is InChI=1S/C13H23N5O/c1-6-18(7-10(19)17(4)5)13-11(9(2)3)12(14)15-8-16-13/h8-9H,6-7H2,1-5H3,(H2,14,15,16). The van der Waals surface area contributed by atoms with E-state index in [9.17, 15) is 4.79 Å². The van der Waals surface area contributed by atoms with Crippen molar-refractivity contribution in [2.24, 2.45) is 0 Å². The van der Waals surface area contributed by atoms with Gasteiger partial charge in [-0.25, -0.2) is 9.97 Å². The smallest absolute Gasteiger partial charge is 0.241 e. The molecule has 0 aromatic carbocycles. The number of nitrogens with two attached hydrogens (primary N) is 1. The molecule has 2 N–H and O–H groups in total. The van der Waals surface area contributed by atoms with Crippen molar-refractivity contribution in [3.05, 3.63) is 11.9 Å². The lowest BCUT2D eigenvalue weighted by atomic mass is 10.0. The van der Waals surface area contributed by atoms with Crippen molar-refractivity contribution in [2.45, 2.75) is 26.7 Å². The van der Waals surface area contributed by atoms with Crippen LogP contribution in [0.1, 0.15) is 32.3 Å². The van der Waals surface area contributed by atoms with Gasteiger partial charge in [-0.2, -0.15) is 0 Å². The molecular weight excluding hydrogens is 242 g/mol. The summed E-state index contributed by atoms with van der Waals surface area (Å²) in [5, 5.41) is 0. The quantitative estimate of drug-likeness (QED) is 0.862. The van der Waals surface area contributed by atoms with Crippen LogP contribution < -0.4 is 10.6 Å². The maximum Gasteiger partial charge on any atom is 0.241 e. The molecule has 0 saturated heterocycles. The number of anilines is 2. The van der Waals surface area contributed by atoms with Gasteiger partial charge in [-0.1, -0.05) is 13.8 Å². The summed E-state index contributed by atoms with van der Waals surface area (Å²) in [6, 6.07) is 0. The van der Waals surface area contributed by atoms with E-state index >= 15 is 0 Å². The predicted molar refractivity (Wildman–Crippen MR) is 77.1 cm³/mol. The van der Waals surface area contributed by atoms with E-state index in [0.717, 1.165) is 11.4 Å². The molecule has 1 amide bonds. The summed E-state index contributed by atoms with van der Waals surface area (Å²) in [6.45, 7) is 7.06. The molecule has 0 bridgehead atoms. The van der Waals surface area contributed by atoms with Gasteiger partial charge in [0.25, 0.3) is 0 Å². The fourth-order valence-electron chi connectivity index (χ4n) is 1.85. The van der Waals surface area contributed by atoms with Crippen LogP contribution in [0, 0.1) is 0 Å². The van der Waals surface area contributed by atoms with Crippen LogP contribution in [0.2, 0.25) is 0 Å². The normalized spacial score (nSPS) is 10.6. The van der Waals surface area contributed by atoms with Gasteiger partial charge in [0.15, 0.2) is 0 Å². The Kier molecular flexibility index (Phi) is 5.09. The largest absolute Gasteiger partial charge is 0.383 e. The van der Waals surface area contributed by atoms with E-state index in [-0.39, 0.29) is 11.8 Å². The number of hydrogen-bond acceptors (Lipinski definition) is 5. The van der Waals surface area contributed by atoms with E-state index in [2.05, 4.69) is 9.97 Å². The maximum absolute atomic E-state index is 11.9. The molecule has 19 heavy (non-hydrogen) atoms. The van der Waals surface area contributed by atoms with E-state index in [1.807, 2.05) is 25.7 Å². The van der Waals surface area contributed by atoms with E-state index in [4.69, 9.17) is 5.73 Å². The van der Waals surface area contributed by atoms with Gasteiger partial charge in [0, 0.05) is 26.2 Å². The number of carbonyl (C=O) groups excluding carboxylic acids is 1. The number of nitrogen functional groups attached to an aromatic ring is 1. The number of hydrogen-bond donors (Lipinski definition) is 1. The first-order chi connectivity index (χ1) is 8.88. The van der Waals surface area contributed by atoms with Gasteiger partial charge < -0.3 is 15.5 Å². The average molecular weight is 265 g/mol. The third kappa shape index (κ3) is 3.56. The Morgan fingerprint density at radius 2 is 2.00 bits per heavy atom. The first kappa shape index (κ1) is 15.2. The lowest BCUT2D eigenvalue weighted by Gasteiger charge is -2.26. The molecule has 0 aliphatic rings. The van der Waals surface area contributed by atoms with E-state index < -0.39 is 0 Å². The molecule has 106 valence electrons. The number of amides is 1. The van der Waals surface area contributed by atoms with Crippen molar-refractivity contribution in [1.29, 1.82) is 0 Å². The predicted octanol–water partition coefficient (Wildman–Crippen LogP) is 1.10. The molecule has 1 aromatic rings. The Morgan fingerprint density at radius 1 is 1.37 bits per heavy atom. The van der Waals surface area contributed by atoms with Gasteiger partial charge in [0.05, 0.1) is 6.54 Å². The van der Waals surface area contributed by atoms with Gasteiger partial charge in [-0.05, 0) is 12.8 Å². The highest BCUT2D eigenvalue weighted by Crippen LogP contribution is 2.28. The van der Waals surface area contributed by atoms with Crippen LogP contribution in [0.3, 0.4) is 0 Å². The summed E-state index contributed by atoms with van der Waals surface area (Å²) < 4.78 is 0. The van der Waals surface area contributed by atoms with Crippen LogP contribution in [0.25, 0.3) is 0 Å². The fraction of sp³-hybridized carbons (Fsp3) is 0.615. The molecule has 0 radical (unpaired) electrons. The Morgan fingerprint density at radius 3 is 2.47 bits per heavy atom. The Labute approximate surface area is 114 Å². The van der Waals surface area contributed by atoms with Gasteiger partial charge in [-0.15, -0.1) is 0 Å². The van der Waals surface area contributed by atoms with Crippen molar-refractivity contribution in [3.8, 4) is 0 Å². The second kappa shape index (κ2) is 6.36. The second-order valence-corrected chi connectivity index (χ2v) is 4.95. The summed E-state index contributed by atoms with van der Waals surface area (Å²) in [6.07, 6.45) is 1.44. The van der Waals surface area contributed by atoms with Crippen LogP contribution in [0.5, 0.6) is 0 Å². The second-order valence-electron chi connectivity index (χ2n) is 4.95. The summed E-state index contributed by atoms with van der Waals surface area (Å²) in [7, 11) is 3.49. The minimum Gasteiger partial charge on any atom is -0.383 e. The van der Waals surface area contributed by atoms with Crippen molar-refractivity contribution < 1.29 is 4.79 Å². The molecule has 0 spiro atoms. The third-order valence-electron chi connectivity index (χ3n) is 2.98. The highest BCUT2D eigenvalue weighted by molar-refractivity contribution is 5.81. The monoisotopic (exact) mass is 265 g/mol. The Bertz CT molecular complexity index is 445. The fourth-order valence-corrected chi connectivity index (χ4v) is 1.85. The summed E-state index contributed by atoms with van der Waals surface area (Å²) >= 11 is 0. The molecule has 1 rings (SSSR count). The average Bonchev–Trinajstić information content (AvgIpc) is 2.34.